The first-order valence-electron chi connectivity index (χ1n) is 4.80. The van der Waals surface area contributed by atoms with Gasteiger partial charge in [0.05, 0.1) is 5.52 Å². The number of nitrogens with zero attached hydrogens (tertiary/aromatic N) is 4. The Hall–Kier alpha value is -2.92. The van der Waals surface area contributed by atoms with Crippen molar-refractivity contribution in [1.29, 1.82) is 10.5 Å². The molecule has 1 heterocycles. The van der Waals surface area contributed by atoms with Crippen molar-refractivity contribution in [2.45, 2.75) is 0 Å². The van der Waals surface area contributed by atoms with Crippen LogP contribution in [-0.4, -0.2) is 9.97 Å². The second kappa shape index (κ2) is 4.73. The molecule has 17 heavy (non-hydrogen) atoms. The van der Waals surface area contributed by atoms with Gasteiger partial charge in [-0.15, -0.1) is 0 Å². The fourth-order valence-electron chi connectivity index (χ4n) is 1.32. The first-order chi connectivity index (χ1) is 8.33. The summed E-state index contributed by atoms with van der Waals surface area (Å²) in [4.78, 5) is 8.01. The quantitative estimate of drug-likeness (QED) is 0.783. The minimum atomic E-state index is 0.0226. The van der Waals surface area contributed by atoms with Crippen molar-refractivity contribution in [3.63, 3.8) is 0 Å². The van der Waals surface area contributed by atoms with Crippen molar-refractivity contribution < 1.29 is 0 Å². The highest BCUT2D eigenvalue weighted by Crippen LogP contribution is 2.16. The topological polar surface area (TPSA) is 85.4 Å². The van der Waals surface area contributed by atoms with E-state index in [0.717, 1.165) is 16.6 Å². The lowest BCUT2D eigenvalue weighted by atomic mass is 10.2. The molecule has 1 N–H and O–H groups in total. The maximum absolute atomic E-state index is 8.58. The molecule has 0 saturated heterocycles. The normalized spacial score (nSPS) is 9.06. The van der Waals surface area contributed by atoms with E-state index in [-0.39, 0.29) is 5.57 Å². The lowest BCUT2D eigenvalue weighted by Crippen LogP contribution is -1.90. The third-order valence-corrected chi connectivity index (χ3v) is 2.13. The number of fused-ring (bicyclic) bond motifs is 1. The Morgan fingerprint density at radius 3 is 2.88 bits per heavy atom. The van der Waals surface area contributed by atoms with Gasteiger partial charge < -0.3 is 5.32 Å². The molecule has 0 amide bonds. The highest BCUT2D eigenvalue weighted by Gasteiger charge is 1.96. The van der Waals surface area contributed by atoms with Crippen LogP contribution in [0.25, 0.3) is 10.9 Å². The number of nitrogens with one attached hydrogen (secondary N) is 1. The van der Waals surface area contributed by atoms with E-state index < -0.39 is 0 Å². The number of anilines is 1. The Labute approximate surface area is 97.7 Å². The molecule has 5 nitrogen and oxygen atoms in total. The van der Waals surface area contributed by atoms with Gasteiger partial charge in [0.2, 0.25) is 0 Å². The van der Waals surface area contributed by atoms with Crippen molar-refractivity contribution in [1.82, 2.24) is 9.97 Å². The van der Waals surface area contributed by atoms with Crippen molar-refractivity contribution in [3.05, 3.63) is 42.5 Å². The molecule has 0 unspecified atom stereocenters. The number of aromatic nitrogens is 2. The van der Waals surface area contributed by atoms with E-state index in [1.54, 1.807) is 18.3 Å². The van der Waals surface area contributed by atoms with Gasteiger partial charge in [0, 0.05) is 23.5 Å². The summed E-state index contributed by atoms with van der Waals surface area (Å²) in [7, 11) is 0. The van der Waals surface area contributed by atoms with Gasteiger partial charge in [-0.2, -0.15) is 10.5 Å². The second-order valence-corrected chi connectivity index (χ2v) is 3.22. The van der Waals surface area contributed by atoms with Gasteiger partial charge in [-0.1, -0.05) is 0 Å². The Bertz CT molecular complexity index is 644. The van der Waals surface area contributed by atoms with Crippen LogP contribution in [0.3, 0.4) is 0 Å². The van der Waals surface area contributed by atoms with Crippen LogP contribution in [0.4, 0.5) is 5.69 Å². The first kappa shape index (κ1) is 10.6. The van der Waals surface area contributed by atoms with E-state index in [0.29, 0.717) is 0 Å². The van der Waals surface area contributed by atoms with Gasteiger partial charge in [-0.05, 0) is 18.2 Å². The molecule has 0 aliphatic heterocycles. The smallest absolute Gasteiger partial charge is 0.145 e. The van der Waals surface area contributed by atoms with Crippen LogP contribution in [0, 0.1) is 22.7 Å². The Morgan fingerprint density at radius 1 is 1.29 bits per heavy atom. The molecule has 1 aromatic heterocycles. The Balaban J connectivity index is 2.30. The van der Waals surface area contributed by atoms with Gasteiger partial charge in [-0.25, -0.2) is 9.97 Å². The molecule has 1 aromatic carbocycles. The van der Waals surface area contributed by atoms with Gasteiger partial charge in [-0.3, -0.25) is 0 Å². The van der Waals surface area contributed by atoms with Gasteiger partial charge in [0.15, 0.2) is 0 Å². The number of hydrogen-bond acceptors (Lipinski definition) is 5. The van der Waals surface area contributed by atoms with Crippen LogP contribution < -0.4 is 5.32 Å². The van der Waals surface area contributed by atoms with E-state index in [4.69, 9.17) is 10.5 Å². The summed E-state index contributed by atoms with van der Waals surface area (Å²) in [5.74, 6) is 0. The third kappa shape index (κ3) is 2.36. The van der Waals surface area contributed by atoms with E-state index >= 15 is 0 Å². The summed E-state index contributed by atoms with van der Waals surface area (Å²) < 4.78 is 0. The van der Waals surface area contributed by atoms with Crippen molar-refractivity contribution in [3.8, 4) is 12.1 Å². The van der Waals surface area contributed by atoms with Gasteiger partial charge in [0.25, 0.3) is 0 Å². The van der Waals surface area contributed by atoms with Crippen molar-refractivity contribution in [2.24, 2.45) is 0 Å². The molecule has 2 aromatic rings. The summed E-state index contributed by atoms with van der Waals surface area (Å²) in [5.41, 5.74) is 1.64. The molecule has 5 heteroatoms. The van der Waals surface area contributed by atoms with Crippen molar-refractivity contribution in [2.75, 3.05) is 5.32 Å². The molecular weight excluding hydrogens is 214 g/mol. The number of nitriles is 2. The highest BCUT2D eigenvalue weighted by molar-refractivity contribution is 5.81. The van der Waals surface area contributed by atoms with Crippen LogP contribution in [0.15, 0.2) is 42.5 Å². The largest absolute Gasteiger partial charge is 0.360 e. The van der Waals surface area contributed by atoms with Crippen LogP contribution in [0.1, 0.15) is 0 Å². The molecule has 80 valence electrons. The minimum absolute atomic E-state index is 0.0226. The summed E-state index contributed by atoms with van der Waals surface area (Å²) in [6.45, 7) is 0. The summed E-state index contributed by atoms with van der Waals surface area (Å²) in [6.07, 6.45) is 4.55. The molecular formula is C12H7N5. The van der Waals surface area contributed by atoms with Crippen molar-refractivity contribution >= 4 is 16.6 Å². The van der Waals surface area contributed by atoms with Crippen LogP contribution in [-0.2, 0) is 0 Å². The second-order valence-electron chi connectivity index (χ2n) is 3.22. The van der Waals surface area contributed by atoms with Gasteiger partial charge >= 0.3 is 0 Å². The molecule has 0 fully saturated rings. The fraction of sp³-hybridized carbons (Fsp3) is 0. The lowest BCUT2D eigenvalue weighted by molar-refractivity contribution is 1.22. The first-order valence-corrected chi connectivity index (χ1v) is 4.80. The average molecular weight is 221 g/mol. The van der Waals surface area contributed by atoms with E-state index in [1.807, 2.05) is 18.2 Å². The summed E-state index contributed by atoms with van der Waals surface area (Å²) >= 11 is 0. The SMILES string of the molecule is N#CC(C#N)=CNc1ccc2ncncc2c1. The standard InChI is InChI=1S/C12H7N5/c13-4-9(5-14)6-16-11-1-2-12-10(3-11)7-15-8-17-12/h1-3,6-8,16H. The van der Waals surface area contributed by atoms with Crippen LogP contribution >= 0.6 is 0 Å². The number of rotatable bonds is 2. The van der Waals surface area contributed by atoms with Gasteiger partial charge in [0.1, 0.15) is 24.0 Å². The predicted octanol–water partition coefficient (Wildman–Crippen LogP) is 1.97. The number of hydrogen-bond donors (Lipinski definition) is 1. The molecule has 0 atom stereocenters. The molecule has 0 spiro atoms. The molecule has 0 radical (unpaired) electrons. The highest BCUT2D eigenvalue weighted by atomic mass is 14.8. The predicted molar refractivity (Wildman–Crippen MR) is 62.5 cm³/mol. The molecule has 0 saturated carbocycles. The van der Waals surface area contributed by atoms with E-state index in [9.17, 15) is 0 Å². The Morgan fingerprint density at radius 2 is 2.12 bits per heavy atom. The maximum Gasteiger partial charge on any atom is 0.145 e. The summed E-state index contributed by atoms with van der Waals surface area (Å²) in [6, 6.07) is 9.05. The molecule has 0 bridgehead atoms. The number of allylic oxidation sites excluding steroid dienone is 1. The zero-order chi connectivity index (χ0) is 12.1. The summed E-state index contributed by atoms with van der Waals surface area (Å²) in [5, 5.41) is 20.9. The molecule has 0 aliphatic carbocycles. The number of benzene rings is 1. The molecule has 0 aliphatic rings. The monoisotopic (exact) mass is 221 g/mol. The Kier molecular flexibility index (Phi) is 2.95. The van der Waals surface area contributed by atoms with Crippen LogP contribution in [0.2, 0.25) is 0 Å². The molecule has 2 rings (SSSR count). The maximum atomic E-state index is 8.58. The zero-order valence-corrected chi connectivity index (χ0v) is 8.75. The minimum Gasteiger partial charge on any atom is -0.360 e. The lowest BCUT2D eigenvalue weighted by Gasteiger charge is -2.01. The van der Waals surface area contributed by atoms with E-state index in [1.165, 1.54) is 12.5 Å². The average Bonchev–Trinajstić information content (AvgIpc) is 2.40. The fourth-order valence-corrected chi connectivity index (χ4v) is 1.32. The van der Waals surface area contributed by atoms with E-state index in [2.05, 4.69) is 15.3 Å². The zero-order valence-electron chi connectivity index (χ0n) is 8.75. The third-order valence-electron chi connectivity index (χ3n) is 2.13. The van der Waals surface area contributed by atoms with Crippen LogP contribution in [0.5, 0.6) is 0 Å².